The first-order valence-corrected chi connectivity index (χ1v) is 5.00. The Bertz CT molecular complexity index is 377. The summed E-state index contributed by atoms with van der Waals surface area (Å²) in [4.78, 5) is 0.162. The van der Waals surface area contributed by atoms with E-state index in [4.69, 9.17) is 18.0 Å². The molecule has 1 aromatic rings. The lowest BCUT2D eigenvalue weighted by Gasteiger charge is -2.12. The molecule has 0 heterocycles. The van der Waals surface area contributed by atoms with Gasteiger partial charge < -0.3 is 11.1 Å². The topological polar surface area (TPSA) is 38.0 Å². The van der Waals surface area contributed by atoms with Gasteiger partial charge in [-0.05, 0) is 12.1 Å². The number of para-hydroxylation sites is 1. The second-order valence-electron chi connectivity index (χ2n) is 3.20. The van der Waals surface area contributed by atoms with Crippen LogP contribution in [0.5, 0.6) is 0 Å². The van der Waals surface area contributed by atoms with Gasteiger partial charge >= 0.3 is 6.18 Å². The van der Waals surface area contributed by atoms with Gasteiger partial charge in [-0.3, -0.25) is 0 Å². The Hall–Kier alpha value is -1.30. The van der Waals surface area contributed by atoms with E-state index >= 15 is 0 Å². The number of nitrogens with two attached hydrogens (primary N) is 1. The SMILES string of the molecule is NC(=S)c1ccccc1NCCC(F)(F)F. The van der Waals surface area contributed by atoms with Crippen molar-refractivity contribution < 1.29 is 13.2 Å². The number of nitrogens with one attached hydrogen (secondary N) is 1. The summed E-state index contributed by atoms with van der Waals surface area (Å²) in [5, 5.41) is 2.66. The average Bonchev–Trinajstić information content (AvgIpc) is 2.16. The molecule has 3 N–H and O–H groups in total. The molecule has 1 rings (SSSR count). The molecule has 0 saturated heterocycles. The lowest BCUT2D eigenvalue weighted by atomic mass is 10.2. The maximum atomic E-state index is 11.9. The van der Waals surface area contributed by atoms with E-state index < -0.39 is 12.6 Å². The van der Waals surface area contributed by atoms with E-state index in [0.717, 1.165) is 0 Å². The van der Waals surface area contributed by atoms with Crippen LogP contribution in [0.15, 0.2) is 24.3 Å². The fraction of sp³-hybridized carbons (Fsp3) is 0.300. The molecule has 0 amide bonds. The van der Waals surface area contributed by atoms with Crippen LogP contribution in [0, 0.1) is 0 Å². The standard InChI is InChI=1S/C10H11F3N2S/c11-10(12,13)5-6-15-8-4-2-1-3-7(8)9(14)16/h1-4,15H,5-6H2,(H2,14,16). The predicted octanol–water partition coefficient (Wildman–Crippen LogP) is 2.69. The zero-order chi connectivity index (χ0) is 12.2. The smallest absolute Gasteiger partial charge is 0.389 e. The number of hydrogen-bond acceptors (Lipinski definition) is 2. The van der Waals surface area contributed by atoms with Crippen LogP contribution in [0.4, 0.5) is 18.9 Å². The summed E-state index contributed by atoms with van der Waals surface area (Å²) in [5.74, 6) is 0. The van der Waals surface area contributed by atoms with Crippen molar-refractivity contribution in [3.8, 4) is 0 Å². The third-order valence-electron chi connectivity index (χ3n) is 1.92. The molecular weight excluding hydrogens is 237 g/mol. The Morgan fingerprint density at radius 1 is 1.31 bits per heavy atom. The van der Waals surface area contributed by atoms with Crippen molar-refractivity contribution in [3.63, 3.8) is 0 Å². The van der Waals surface area contributed by atoms with Crippen LogP contribution < -0.4 is 11.1 Å². The molecule has 0 saturated carbocycles. The fourth-order valence-corrected chi connectivity index (χ4v) is 1.37. The van der Waals surface area contributed by atoms with Gasteiger partial charge in [-0.1, -0.05) is 24.4 Å². The maximum Gasteiger partial charge on any atom is 0.390 e. The molecule has 0 fully saturated rings. The number of rotatable bonds is 4. The zero-order valence-corrected chi connectivity index (χ0v) is 9.16. The van der Waals surface area contributed by atoms with Crippen LogP contribution >= 0.6 is 12.2 Å². The van der Waals surface area contributed by atoms with Crippen LogP contribution in [-0.2, 0) is 0 Å². The number of benzene rings is 1. The summed E-state index contributed by atoms with van der Waals surface area (Å²) in [6.45, 7) is -0.191. The van der Waals surface area contributed by atoms with E-state index in [9.17, 15) is 13.2 Å². The van der Waals surface area contributed by atoms with E-state index in [1.54, 1.807) is 24.3 Å². The molecule has 0 aromatic heterocycles. The third kappa shape index (κ3) is 4.06. The number of hydrogen-bond donors (Lipinski definition) is 2. The summed E-state index contributed by atoms with van der Waals surface area (Å²) in [6.07, 6.45) is -5.05. The molecule has 16 heavy (non-hydrogen) atoms. The highest BCUT2D eigenvalue weighted by Gasteiger charge is 2.26. The molecule has 0 radical (unpaired) electrons. The lowest BCUT2D eigenvalue weighted by Crippen LogP contribution is -2.17. The highest BCUT2D eigenvalue weighted by atomic mass is 32.1. The molecule has 1 aromatic carbocycles. The van der Waals surface area contributed by atoms with Gasteiger partial charge in [-0.2, -0.15) is 13.2 Å². The Kier molecular flexibility index (Phi) is 4.12. The summed E-state index contributed by atoms with van der Waals surface area (Å²) < 4.78 is 35.8. The third-order valence-corrected chi connectivity index (χ3v) is 2.14. The molecule has 0 atom stereocenters. The van der Waals surface area contributed by atoms with Crippen molar-refractivity contribution in [2.24, 2.45) is 5.73 Å². The summed E-state index contributed by atoms with van der Waals surface area (Å²) >= 11 is 4.79. The van der Waals surface area contributed by atoms with Crippen LogP contribution in [-0.4, -0.2) is 17.7 Å². The monoisotopic (exact) mass is 248 g/mol. The van der Waals surface area contributed by atoms with E-state index in [0.29, 0.717) is 11.3 Å². The van der Waals surface area contributed by atoms with Crippen molar-refractivity contribution in [1.82, 2.24) is 0 Å². The molecule has 6 heteroatoms. The van der Waals surface area contributed by atoms with E-state index in [1.165, 1.54) is 0 Å². The molecule has 88 valence electrons. The van der Waals surface area contributed by atoms with E-state index in [1.807, 2.05) is 0 Å². The van der Waals surface area contributed by atoms with Crippen molar-refractivity contribution in [3.05, 3.63) is 29.8 Å². The van der Waals surface area contributed by atoms with Crippen molar-refractivity contribution in [1.29, 1.82) is 0 Å². The normalized spacial score (nSPS) is 11.2. The Labute approximate surface area is 96.6 Å². The molecule has 0 bridgehead atoms. The van der Waals surface area contributed by atoms with Crippen molar-refractivity contribution >= 4 is 22.9 Å². The molecular formula is C10H11F3N2S. The van der Waals surface area contributed by atoms with Gasteiger partial charge in [0.15, 0.2) is 0 Å². The van der Waals surface area contributed by atoms with Crippen LogP contribution in [0.3, 0.4) is 0 Å². The van der Waals surface area contributed by atoms with Gasteiger partial charge in [0.25, 0.3) is 0 Å². The van der Waals surface area contributed by atoms with Gasteiger partial charge in [0.05, 0.1) is 6.42 Å². The van der Waals surface area contributed by atoms with Gasteiger partial charge in [0, 0.05) is 17.8 Å². The minimum Gasteiger partial charge on any atom is -0.389 e. The molecule has 0 aliphatic carbocycles. The first kappa shape index (κ1) is 12.8. The minimum atomic E-state index is -4.16. The number of thiocarbonyl (C=S) groups is 1. The number of alkyl halides is 3. The van der Waals surface area contributed by atoms with Crippen molar-refractivity contribution in [2.75, 3.05) is 11.9 Å². The quantitative estimate of drug-likeness (QED) is 0.804. The fourth-order valence-electron chi connectivity index (χ4n) is 1.19. The van der Waals surface area contributed by atoms with Gasteiger partial charge in [-0.25, -0.2) is 0 Å². The highest BCUT2D eigenvalue weighted by molar-refractivity contribution is 7.80. The molecule has 0 aliphatic rings. The Morgan fingerprint density at radius 3 is 2.50 bits per heavy atom. The predicted molar refractivity (Wildman–Crippen MR) is 61.5 cm³/mol. The first-order valence-electron chi connectivity index (χ1n) is 4.59. The highest BCUT2D eigenvalue weighted by Crippen LogP contribution is 2.20. The Balaban J connectivity index is 2.64. The van der Waals surface area contributed by atoms with Crippen LogP contribution in [0.25, 0.3) is 0 Å². The second kappa shape index (κ2) is 5.16. The van der Waals surface area contributed by atoms with Gasteiger partial charge in [0.2, 0.25) is 0 Å². The zero-order valence-electron chi connectivity index (χ0n) is 8.34. The van der Waals surface area contributed by atoms with E-state index in [2.05, 4.69) is 5.32 Å². The maximum absolute atomic E-state index is 11.9. The molecule has 0 unspecified atom stereocenters. The van der Waals surface area contributed by atoms with E-state index in [-0.39, 0.29) is 11.5 Å². The summed E-state index contributed by atoms with van der Waals surface area (Å²) in [7, 11) is 0. The molecule has 2 nitrogen and oxygen atoms in total. The number of halogens is 3. The van der Waals surface area contributed by atoms with Gasteiger partial charge in [0.1, 0.15) is 4.99 Å². The van der Waals surface area contributed by atoms with Crippen LogP contribution in [0.2, 0.25) is 0 Å². The first-order chi connectivity index (χ1) is 7.40. The molecule has 0 aliphatic heterocycles. The minimum absolute atomic E-state index is 0.162. The summed E-state index contributed by atoms with van der Waals surface area (Å²) in [5.41, 5.74) is 6.52. The Morgan fingerprint density at radius 2 is 1.94 bits per heavy atom. The van der Waals surface area contributed by atoms with Crippen molar-refractivity contribution in [2.45, 2.75) is 12.6 Å². The number of anilines is 1. The average molecular weight is 248 g/mol. The molecule has 0 spiro atoms. The van der Waals surface area contributed by atoms with Crippen LogP contribution in [0.1, 0.15) is 12.0 Å². The second-order valence-corrected chi connectivity index (χ2v) is 3.64. The largest absolute Gasteiger partial charge is 0.390 e. The van der Waals surface area contributed by atoms with Gasteiger partial charge in [-0.15, -0.1) is 0 Å². The lowest BCUT2D eigenvalue weighted by molar-refractivity contribution is -0.131. The summed E-state index contributed by atoms with van der Waals surface area (Å²) in [6, 6.07) is 6.74.